The van der Waals surface area contributed by atoms with Gasteiger partial charge < -0.3 is 0 Å². The molecule has 2 atom stereocenters. The van der Waals surface area contributed by atoms with Crippen LogP contribution in [0.15, 0.2) is 90.0 Å². The number of halogens is 2. The first-order valence-corrected chi connectivity index (χ1v) is 32.6. The topological polar surface area (TPSA) is 0 Å². The minimum absolute atomic E-state index is 0. The van der Waals surface area contributed by atoms with Gasteiger partial charge in [0.1, 0.15) is 0 Å². The van der Waals surface area contributed by atoms with Crippen molar-refractivity contribution >= 4 is 43.8 Å². The van der Waals surface area contributed by atoms with Gasteiger partial charge in [-0.15, -0.1) is 24.8 Å². The molecule has 0 aromatic heterocycles. The number of fused-ring (bicyclic) bond motifs is 2. The zero-order chi connectivity index (χ0) is 35.1. The van der Waals surface area contributed by atoms with Crippen LogP contribution < -0.4 is 0 Å². The molecule has 0 amide bonds. The van der Waals surface area contributed by atoms with Crippen LogP contribution >= 0.6 is 24.8 Å². The van der Waals surface area contributed by atoms with E-state index in [1.807, 2.05) is 0 Å². The molecule has 0 saturated heterocycles. The van der Waals surface area contributed by atoms with Gasteiger partial charge in [0.05, 0.1) is 0 Å². The smallest absolute Gasteiger partial charge is 0.147 e. The summed E-state index contributed by atoms with van der Waals surface area (Å²) < 4.78 is 6.73. The van der Waals surface area contributed by atoms with Crippen molar-refractivity contribution in [1.29, 1.82) is 0 Å². The molecular formula is C47H60Cl2SiZr. The van der Waals surface area contributed by atoms with E-state index in [4.69, 9.17) is 0 Å². The van der Waals surface area contributed by atoms with E-state index in [1.54, 1.807) is 22.3 Å². The largest absolute Gasteiger partial charge is 0.147 e. The summed E-state index contributed by atoms with van der Waals surface area (Å²) in [6.45, 7) is 21.1. The Kier molecular flexibility index (Phi) is 11.1. The maximum atomic E-state index is 2.82. The van der Waals surface area contributed by atoms with Crippen molar-refractivity contribution in [2.75, 3.05) is 0 Å². The van der Waals surface area contributed by atoms with Crippen molar-refractivity contribution in [1.82, 2.24) is 0 Å². The van der Waals surface area contributed by atoms with Crippen LogP contribution in [0.25, 0.3) is 34.4 Å². The average molecular weight is 815 g/mol. The van der Waals surface area contributed by atoms with E-state index >= 15 is 0 Å². The molecule has 0 bridgehead atoms. The second-order valence-corrected chi connectivity index (χ2v) is 49.6. The molecular weight excluding hydrogens is 755 g/mol. The molecule has 4 aromatic rings. The van der Waals surface area contributed by atoms with Crippen molar-refractivity contribution in [2.45, 2.75) is 108 Å². The van der Waals surface area contributed by atoms with Crippen molar-refractivity contribution in [3.05, 3.63) is 129 Å². The molecule has 4 heteroatoms. The summed E-state index contributed by atoms with van der Waals surface area (Å²) >= 11 is -3.72. The molecule has 7 rings (SSSR count). The summed E-state index contributed by atoms with van der Waals surface area (Å²) in [5, 5.41) is 0. The zero-order valence-corrected chi connectivity index (χ0v) is 38.2. The average Bonchev–Trinajstić information content (AvgIpc) is 3.77. The fourth-order valence-corrected chi connectivity index (χ4v) is 30.4. The Morgan fingerprint density at radius 3 is 1.65 bits per heavy atom. The maximum absolute atomic E-state index is 3.72. The maximum Gasteiger partial charge on any atom is -0.147 e. The summed E-state index contributed by atoms with van der Waals surface area (Å²) in [6, 6.07) is 31.2. The molecule has 270 valence electrons. The number of hydrogen-bond donors (Lipinski definition) is 0. The minimum atomic E-state index is -3.72. The minimum Gasteiger partial charge on any atom is -0.147 e. The number of aryl methyl sites for hydroxylation is 1. The van der Waals surface area contributed by atoms with Gasteiger partial charge in [0.2, 0.25) is 0 Å². The Bertz CT molecular complexity index is 2070. The first-order valence-electron chi connectivity index (χ1n) is 18.9. The number of rotatable bonds is 5. The van der Waals surface area contributed by atoms with Gasteiger partial charge in [0.15, 0.2) is 0 Å². The van der Waals surface area contributed by atoms with E-state index in [0.717, 1.165) is 0 Å². The van der Waals surface area contributed by atoms with E-state index in [9.17, 15) is 0 Å². The third kappa shape index (κ3) is 7.19. The van der Waals surface area contributed by atoms with Crippen molar-refractivity contribution in [2.24, 2.45) is 5.92 Å². The molecule has 0 heterocycles. The molecule has 1 fully saturated rings. The third-order valence-corrected chi connectivity index (χ3v) is 30.1. The van der Waals surface area contributed by atoms with E-state index in [0.29, 0.717) is 13.2 Å². The predicted molar refractivity (Wildman–Crippen MR) is 230 cm³/mol. The summed E-state index contributed by atoms with van der Waals surface area (Å²) in [5.74, 6) is 0.714. The first kappa shape index (κ1) is 40.2. The van der Waals surface area contributed by atoms with Crippen molar-refractivity contribution < 1.29 is 17.4 Å². The Morgan fingerprint density at radius 1 is 0.608 bits per heavy atom. The van der Waals surface area contributed by atoms with Crippen LogP contribution in [0.4, 0.5) is 0 Å². The first-order chi connectivity index (χ1) is 22.9. The molecule has 0 nitrogen and oxygen atoms in total. The van der Waals surface area contributed by atoms with Gasteiger partial charge in [-0.1, -0.05) is 0 Å². The summed E-state index contributed by atoms with van der Waals surface area (Å²) in [4.78, 5) is 0. The predicted octanol–water partition coefficient (Wildman–Crippen LogP) is 13.9. The Labute approximate surface area is 324 Å². The van der Waals surface area contributed by atoms with Gasteiger partial charge in [-0.2, -0.15) is 0 Å². The molecule has 0 N–H and O–H groups in total. The van der Waals surface area contributed by atoms with Crippen molar-refractivity contribution in [3.8, 4) is 22.3 Å². The van der Waals surface area contributed by atoms with Crippen LogP contribution in [0.2, 0.25) is 9.26 Å². The normalized spacial score (nSPS) is 19.1. The van der Waals surface area contributed by atoms with Gasteiger partial charge in [0.25, 0.3) is 0 Å². The van der Waals surface area contributed by atoms with E-state index < -0.39 is 17.4 Å². The second-order valence-electron chi connectivity index (χ2n) is 19.1. The van der Waals surface area contributed by atoms with E-state index in [-0.39, 0.29) is 35.6 Å². The monoisotopic (exact) mass is 812 g/mol. The Hall–Kier alpha value is -1.96. The molecule has 3 aliphatic carbocycles. The van der Waals surface area contributed by atoms with Crippen LogP contribution in [0.5, 0.6) is 0 Å². The fourth-order valence-electron chi connectivity index (χ4n) is 10.1. The van der Waals surface area contributed by atoms with Crippen LogP contribution in [-0.4, -0.2) is 6.88 Å². The van der Waals surface area contributed by atoms with Gasteiger partial charge in [0, 0.05) is 0 Å². The fraction of sp³-hybridized carbons (Fsp3) is 0.404. The second kappa shape index (κ2) is 14.0. The molecule has 51 heavy (non-hydrogen) atoms. The molecule has 2 unspecified atom stereocenters. The standard InChI is InChI=1S/C24H27.C21H23.2CH3.2ClH.H2Si.Zr/c1-24(2,3)21-13-11-18(12-14-21)22-10-6-9-19-15-20(16-23(19)22)17-7-4-5-8-17;1-14-10-17-11-15(2)13-20(17)19(12-14)16-6-8-18(9-7-16)21(3,4)5;;;;;;/h6,9-17H,4-5,7-8H2,1-3H3;6-13H,1-5H3;2*1H3;2*1H;1H2;. The summed E-state index contributed by atoms with van der Waals surface area (Å²) in [5.41, 5.74) is 19.6. The van der Waals surface area contributed by atoms with Crippen LogP contribution in [-0.2, 0) is 28.2 Å². The van der Waals surface area contributed by atoms with Gasteiger partial charge in [-0.05, 0) is 0 Å². The number of allylic oxidation sites excluding steroid dienone is 2. The van der Waals surface area contributed by atoms with Gasteiger partial charge >= 0.3 is 302 Å². The Morgan fingerprint density at radius 2 is 1.12 bits per heavy atom. The van der Waals surface area contributed by atoms with Crippen LogP contribution in [0.3, 0.4) is 0 Å². The molecule has 4 aromatic carbocycles. The number of benzene rings is 4. The zero-order valence-electron chi connectivity index (χ0n) is 32.7. The quantitative estimate of drug-likeness (QED) is 0.176. The molecule has 0 spiro atoms. The van der Waals surface area contributed by atoms with Gasteiger partial charge in [-0.3, -0.25) is 0 Å². The van der Waals surface area contributed by atoms with Gasteiger partial charge in [-0.25, -0.2) is 0 Å². The van der Waals surface area contributed by atoms with Crippen LogP contribution in [0, 0.1) is 12.8 Å². The van der Waals surface area contributed by atoms with Crippen LogP contribution in [0.1, 0.15) is 120 Å². The molecule has 3 aliphatic rings. The third-order valence-electron chi connectivity index (χ3n) is 12.4. The molecule has 0 aliphatic heterocycles. The Balaban J connectivity index is 0.00000252. The molecule has 0 radical (unpaired) electrons. The van der Waals surface area contributed by atoms with E-state index in [1.165, 1.54) is 75.8 Å². The van der Waals surface area contributed by atoms with Crippen molar-refractivity contribution in [3.63, 3.8) is 0 Å². The number of hydrogen-bond acceptors (Lipinski definition) is 0. The SMILES string of the molecule is CC1=Cc2c(-c3ccc(C(C)(C)C)cc3)cc(C)cc2[CH]1[Zr]([CH3])([CH3])(=[SiH2])[CH]1C(C2CCCC2)=Cc2c(-c3ccc(C(C)(C)C)cc3)cccc21.Cl.Cl. The van der Waals surface area contributed by atoms with E-state index in [2.05, 4.69) is 163 Å². The summed E-state index contributed by atoms with van der Waals surface area (Å²) in [7, 11) is 0. The summed E-state index contributed by atoms with van der Waals surface area (Å²) in [6.07, 6.45) is 10.7. The molecule has 1 saturated carbocycles.